The molecule has 152 valence electrons. The van der Waals surface area contributed by atoms with Gasteiger partial charge in [-0.2, -0.15) is 0 Å². The molecule has 0 aromatic rings. The predicted octanol–water partition coefficient (Wildman–Crippen LogP) is 5.52. The molecule has 0 heterocycles. The molecule has 0 aromatic carbocycles. The molecule has 0 aromatic heterocycles. The quantitative estimate of drug-likeness (QED) is 0.274. The predicted molar refractivity (Wildman–Crippen MR) is 108 cm³/mol. The van der Waals surface area contributed by atoms with Crippen molar-refractivity contribution in [2.45, 2.75) is 79.0 Å². The second-order valence-corrected chi connectivity index (χ2v) is 9.70. The van der Waals surface area contributed by atoms with E-state index < -0.39 is 5.41 Å². The molecule has 0 N–H and O–H groups in total. The third-order valence-corrected chi connectivity index (χ3v) is 7.85. The van der Waals surface area contributed by atoms with E-state index in [2.05, 4.69) is 32.0 Å². The fourth-order valence-corrected chi connectivity index (χ4v) is 6.49. The molecule has 0 aliphatic heterocycles. The van der Waals surface area contributed by atoms with Gasteiger partial charge >= 0.3 is 5.97 Å². The van der Waals surface area contributed by atoms with Gasteiger partial charge in [0.2, 0.25) is 0 Å². The van der Waals surface area contributed by atoms with Crippen molar-refractivity contribution in [1.82, 2.24) is 0 Å². The summed E-state index contributed by atoms with van der Waals surface area (Å²) in [5.74, 6) is 0.877. The molecule has 5 atom stereocenters. The van der Waals surface area contributed by atoms with Gasteiger partial charge in [0, 0.05) is 7.59 Å². The van der Waals surface area contributed by atoms with Crippen LogP contribution in [0, 0.1) is 28.1 Å². The van der Waals surface area contributed by atoms with Crippen LogP contribution in [-0.4, -0.2) is 25.9 Å². The number of allylic oxidation sites excluding steroid dienone is 2. The fraction of sp³-hybridized carbons (Fsp3) is 0.826. The topological polar surface area (TPSA) is 47.9 Å². The monoisotopic (exact) mass is 377 g/mol. The van der Waals surface area contributed by atoms with Gasteiger partial charge in [-0.15, -0.1) is 0 Å². The van der Waals surface area contributed by atoms with Gasteiger partial charge in [-0.1, -0.05) is 37.1 Å². The van der Waals surface area contributed by atoms with Crippen LogP contribution in [0.3, 0.4) is 0 Å². The van der Waals surface area contributed by atoms with Crippen molar-refractivity contribution in [3.05, 3.63) is 11.6 Å². The van der Waals surface area contributed by atoms with Crippen molar-refractivity contribution >= 4 is 12.2 Å². The van der Waals surface area contributed by atoms with Crippen LogP contribution >= 0.6 is 0 Å². The Kier molecular flexibility index (Phi) is 5.35. The van der Waals surface area contributed by atoms with E-state index in [-0.39, 0.29) is 30.3 Å². The summed E-state index contributed by atoms with van der Waals surface area (Å²) >= 11 is 0. The Bertz CT molecular complexity index is 648. The van der Waals surface area contributed by atoms with Gasteiger partial charge in [-0.25, -0.2) is 0 Å². The smallest absolute Gasteiger partial charge is 0.312 e. The lowest BCUT2D eigenvalue weighted by Crippen LogP contribution is -2.53. The first-order valence-corrected chi connectivity index (χ1v) is 10.5. The van der Waals surface area contributed by atoms with E-state index in [4.69, 9.17) is 10.9 Å². The zero-order valence-corrected chi connectivity index (χ0v) is 17.6. The molecule has 4 nitrogen and oxygen atoms in total. The maximum absolute atomic E-state index is 12.9. The summed E-state index contributed by atoms with van der Waals surface area (Å²) in [5.41, 5.74) is 1.52. The van der Waals surface area contributed by atoms with E-state index >= 15 is 0 Å². The van der Waals surface area contributed by atoms with E-state index in [1.165, 1.54) is 12.8 Å². The lowest BCUT2D eigenvalue weighted by atomic mass is 9.46. The number of esters is 1. The molecule has 0 bridgehead atoms. The minimum atomic E-state index is -0.417. The molecule has 3 rings (SSSR count). The average Bonchev–Trinajstić information content (AvgIpc) is 2.65. The van der Waals surface area contributed by atoms with Gasteiger partial charge in [0.05, 0.1) is 12.0 Å². The van der Waals surface area contributed by atoms with Crippen LogP contribution in [0.25, 0.3) is 0 Å². The summed E-state index contributed by atoms with van der Waals surface area (Å²) < 4.78 is 12.8. The lowest BCUT2D eigenvalue weighted by Gasteiger charge is -2.58. The summed E-state index contributed by atoms with van der Waals surface area (Å²) in [4.78, 5) is 17.8. The third kappa shape index (κ3) is 3.56. The molecule has 2 fully saturated rings. The van der Waals surface area contributed by atoms with Gasteiger partial charge in [0.15, 0.2) is 0 Å². The van der Waals surface area contributed by atoms with Crippen LogP contribution in [0.2, 0.25) is 0 Å². The number of carbonyl (C=O) groups excluding carboxylic acids is 1. The lowest BCUT2D eigenvalue weighted by molar-refractivity contribution is -0.167. The summed E-state index contributed by atoms with van der Waals surface area (Å²) in [5, 5.41) is 3.95. The highest BCUT2D eigenvalue weighted by molar-refractivity contribution is 5.77. The fourth-order valence-electron chi connectivity index (χ4n) is 6.49. The molecular formula is C23H37NO3. The van der Waals surface area contributed by atoms with E-state index in [1.807, 2.05) is 6.21 Å². The highest BCUT2D eigenvalue weighted by atomic mass is 16.6. The zero-order chi connectivity index (χ0) is 20.4. The Labute approximate surface area is 166 Å². The SMILES string of the molecule is [3H]CCOC(=O)[C@@]1(C)CCC[C@@]2(C)C3=CC[C@](C)(C/C=N\OC)CC3CCC21. The van der Waals surface area contributed by atoms with Gasteiger partial charge in [-0.3, -0.25) is 4.79 Å². The summed E-state index contributed by atoms with van der Waals surface area (Å²) in [6.45, 7) is 7.24. The van der Waals surface area contributed by atoms with Crippen molar-refractivity contribution in [2.24, 2.45) is 33.2 Å². The molecule has 3 aliphatic rings. The van der Waals surface area contributed by atoms with E-state index in [0.29, 0.717) is 11.8 Å². The normalized spacial score (nSPS) is 41.9. The molecule has 0 saturated heterocycles. The zero-order valence-electron chi connectivity index (χ0n) is 18.6. The standard InChI is InChI=1S/C23H37NO3/c1-6-27-20(25)23(4)12-7-11-22(3)18-10-13-21(2,14-15-24-26-5)16-17(18)8-9-19(22)23/h10,15,17,19H,6-9,11-14,16H2,1-5H3/b24-15-/t17?,19?,21-,22+,23+/m1/s1/i1T. The highest BCUT2D eigenvalue weighted by Crippen LogP contribution is 2.64. The molecule has 27 heavy (non-hydrogen) atoms. The Balaban J connectivity index is 1.83. The van der Waals surface area contributed by atoms with Gasteiger partial charge < -0.3 is 9.57 Å². The number of carbonyl (C=O) groups is 1. The second-order valence-electron chi connectivity index (χ2n) is 9.70. The minimum Gasteiger partial charge on any atom is -0.466 e. The average molecular weight is 378 g/mol. The van der Waals surface area contributed by atoms with Crippen LogP contribution in [-0.2, 0) is 14.4 Å². The van der Waals surface area contributed by atoms with Crippen LogP contribution in [0.5, 0.6) is 0 Å². The molecule has 2 saturated carbocycles. The number of ether oxygens (including phenoxy) is 1. The number of hydrogen-bond donors (Lipinski definition) is 0. The maximum Gasteiger partial charge on any atom is 0.312 e. The van der Waals surface area contributed by atoms with E-state index in [0.717, 1.165) is 38.5 Å². The van der Waals surface area contributed by atoms with Gasteiger partial charge in [-0.05, 0) is 81.4 Å². The van der Waals surface area contributed by atoms with Crippen molar-refractivity contribution in [1.29, 1.82) is 0 Å². The second kappa shape index (κ2) is 7.60. The molecule has 0 spiro atoms. The van der Waals surface area contributed by atoms with E-state index in [9.17, 15) is 4.79 Å². The number of nitrogens with zero attached hydrogens (tertiary/aromatic N) is 1. The summed E-state index contributed by atoms with van der Waals surface area (Å²) in [6, 6.07) is 0. The molecule has 3 aliphatic carbocycles. The molecule has 4 heteroatoms. The molecule has 0 radical (unpaired) electrons. The maximum atomic E-state index is 12.9. The first kappa shape index (κ1) is 19.0. The van der Waals surface area contributed by atoms with Crippen LogP contribution in [0.4, 0.5) is 0 Å². The molecule has 0 amide bonds. The molecule has 2 unspecified atom stereocenters. The first-order valence-electron chi connectivity index (χ1n) is 11.2. The van der Waals surface area contributed by atoms with E-state index in [1.54, 1.807) is 12.7 Å². The Morgan fingerprint density at radius 3 is 2.93 bits per heavy atom. The van der Waals surface area contributed by atoms with Crippen molar-refractivity contribution in [2.75, 3.05) is 13.7 Å². The Morgan fingerprint density at radius 2 is 2.19 bits per heavy atom. The number of fused-ring (bicyclic) bond motifs is 3. The number of oxime groups is 1. The van der Waals surface area contributed by atoms with Crippen LogP contribution in [0.1, 0.15) is 80.4 Å². The largest absolute Gasteiger partial charge is 0.466 e. The van der Waals surface area contributed by atoms with Crippen LogP contribution < -0.4 is 0 Å². The first-order chi connectivity index (χ1) is 13.3. The van der Waals surface area contributed by atoms with Gasteiger partial charge in [0.25, 0.3) is 0 Å². The van der Waals surface area contributed by atoms with Gasteiger partial charge in [0.1, 0.15) is 7.11 Å². The highest BCUT2D eigenvalue weighted by Gasteiger charge is 2.58. The third-order valence-electron chi connectivity index (χ3n) is 7.85. The molecular weight excluding hydrogens is 338 g/mol. The summed E-state index contributed by atoms with van der Waals surface area (Å²) in [6.07, 6.45) is 13.0. The Morgan fingerprint density at radius 1 is 1.37 bits per heavy atom. The number of hydrogen-bond acceptors (Lipinski definition) is 4. The van der Waals surface area contributed by atoms with Crippen molar-refractivity contribution in [3.63, 3.8) is 0 Å². The number of rotatable bonds is 5. The minimum absolute atomic E-state index is 0.0776. The van der Waals surface area contributed by atoms with Crippen LogP contribution in [0.15, 0.2) is 16.8 Å². The van der Waals surface area contributed by atoms with Crippen molar-refractivity contribution in [3.8, 4) is 0 Å². The Hall–Kier alpha value is -1.32. The van der Waals surface area contributed by atoms with Crippen molar-refractivity contribution < 1.29 is 15.7 Å². The summed E-state index contributed by atoms with van der Waals surface area (Å²) in [7, 11) is 1.59.